The van der Waals surface area contributed by atoms with Crippen LogP contribution in [0.4, 0.5) is 39.5 Å². The van der Waals surface area contributed by atoms with Crippen LogP contribution < -0.4 is 0 Å². The molecule has 4 aromatic carbocycles. The largest absolute Gasteiger partial charge is 0.430 e. The Morgan fingerprint density at radius 3 is 1.89 bits per heavy atom. The number of halogens is 9. The highest BCUT2D eigenvalue weighted by molar-refractivity contribution is 8.00. The summed E-state index contributed by atoms with van der Waals surface area (Å²) in [5.41, 5.74) is -5.75. The molecule has 1 saturated heterocycles. The van der Waals surface area contributed by atoms with Crippen molar-refractivity contribution in [3.8, 4) is 0 Å². The van der Waals surface area contributed by atoms with E-state index in [0.717, 1.165) is 11.6 Å². The minimum atomic E-state index is -6.05. The fraction of sp³-hybridized carbons (Fsp3) is 0.273. The number of ether oxygens (including phenoxy) is 1. The van der Waals surface area contributed by atoms with Gasteiger partial charge in [0, 0.05) is 35.7 Å². The van der Waals surface area contributed by atoms with E-state index in [1.807, 2.05) is 30.3 Å². The molecule has 4 aromatic rings. The molecule has 1 aliphatic heterocycles. The number of nitrogens with zero attached hydrogens (tertiary/aromatic N) is 1. The lowest BCUT2D eigenvalue weighted by Gasteiger charge is -2.38. The van der Waals surface area contributed by atoms with Gasteiger partial charge in [0.05, 0.1) is 11.4 Å². The topological polar surface area (TPSA) is 12.5 Å². The standard InChI is InChI=1S/C33H26F9NOS/c34-25-13-15-26(16-14-25)45-30(17-18-43(21-30)19-22-5-2-1-3-6-22)23-9-11-24(12-10-23)31(32(37,38)39,33(40,41)42)44-20-27-28(35)7-4-8-29(27)36/h1-16H,17-21H2. The van der Waals surface area contributed by atoms with Gasteiger partial charge in [0.25, 0.3) is 5.60 Å². The van der Waals surface area contributed by atoms with Crippen LogP contribution in [0.1, 0.15) is 28.7 Å². The molecular weight excluding hydrogens is 629 g/mol. The fourth-order valence-electron chi connectivity index (χ4n) is 5.54. The number of rotatable bonds is 9. The molecule has 0 saturated carbocycles. The van der Waals surface area contributed by atoms with E-state index in [1.54, 1.807) is 12.1 Å². The molecule has 1 heterocycles. The average Bonchev–Trinajstić information content (AvgIpc) is 3.38. The summed E-state index contributed by atoms with van der Waals surface area (Å²) in [4.78, 5) is 2.79. The Hall–Kier alpha value is -3.48. The van der Waals surface area contributed by atoms with Crippen LogP contribution in [-0.2, 0) is 28.2 Å². The highest BCUT2D eigenvalue weighted by Gasteiger charge is 2.73. The molecule has 0 bridgehead atoms. The van der Waals surface area contributed by atoms with E-state index in [-0.39, 0.29) is 0 Å². The van der Waals surface area contributed by atoms with Crippen molar-refractivity contribution < 1.29 is 44.3 Å². The second kappa shape index (κ2) is 12.7. The minimum absolute atomic E-state index is 0.399. The molecule has 45 heavy (non-hydrogen) atoms. The highest BCUT2D eigenvalue weighted by atomic mass is 32.2. The fourth-order valence-corrected chi connectivity index (χ4v) is 6.95. The smallest absolute Gasteiger partial charge is 0.349 e. The molecule has 0 aliphatic carbocycles. The summed E-state index contributed by atoms with van der Waals surface area (Å²) in [5, 5.41) is 0. The Labute approximate surface area is 257 Å². The summed E-state index contributed by atoms with van der Waals surface area (Å²) < 4.78 is 132. The van der Waals surface area contributed by atoms with Crippen molar-refractivity contribution in [2.45, 2.75) is 47.2 Å². The molecule has 1 fully saturated rings. The van der Waals surface area contributed by atoms with Gasteiger partial charge < -0.3 is 4.74 Å². The van der Waals surface area contributed by atoms with Crippen LogP contribution in [0.5, 0.6) is 0 Å². The lowest BCUT2D eigenvalue weighted by Crippen LogP contribution is -2.56. The summed E-state index contributed by atoms with van der Waals surface area (Å²) in [5.74, 6) is -3.14. The predicted molar refractivity (Wildman–Crippen MR) is 152 cm³/mol. The summed E-state index contributed by atoms with van der Waals surface area (Å²) in [6.45, 7) is -0.0817. The van der Waals surface area contributed by atoms with Crippen LogP contribution in [0, 0.1) is 17.5 Å². The van der Waals surface area contributed by atoms with Crippen LogP contribution in [-0.4, -0.2) is 30.3 Å². The van der Waals surface area contributed by atoms with Crippen molar-refractivity contribution in [1.82, 2.24) is 4.90 Å². The van der Waals surface area contributed by atoms with Gasteiger partial charge in [-0.1, -0.05) is 60.7 Å². The van der Waals surface area contributed by atoms with E-state index in [0.29, 0.717) is 60.8 Å². The van der Waals surface area contributed by atoms with Gasteiger partial charge in [-0.15, -0.1) is 11.8 Å². The van der Waals surface area contributed by atoms with Gasteiger partial charge in [-0.05, 0) is 53.9 Å². The van der Waals surface area contributed by atoms with Crippen molar-refractivity contribution in [2.24, 2.45) is 0 Å². The van der Waals surface area contributed by atoms with Crippen LogP contribution in [0.3, 0.4) is 0 Å². The van der Waals surface area contributed by atoms with Gasteiger partial charge >= 0.3 is 12.4 Å². The molecule has 0 radical (unpaired) electrons. The third-order valence-corrected chi connectivity index (χ3v) is 9.26. The molecule has 1 unspecified atom stereocenters. The third kappa shape index (κ3) is 6.73. The number of likely N-dealkylation sites (tertiary alicyclic amines) is 1. The Bertz CT molecular complexity index is 1560. The molecule has 238 valence electrons. The predicted octanol–water partition coefficient (Wildman–Crippen LogP) is 9.53. The number of hydrogen-bond acceptors (Lipinski definition) is 3. The zero-order valence-electron chi connectivity index (χ0n) is 23.4. The lowest BCUT2D eigenvalue weighted by molar-refractivity contribution is -0.392. The van der Waals surface area contributed by atoms with Crippen molar-refractivity contribution >= 4 is 11.8 Å². The van der Waals surface area contributed by atoms with E-state index in [9.17, 15) is 39.5 Å². The zero-order valence-corrected chi connectivity index (χ0v) is 24.3. The highest BCUT2D eigenvalue weighted by Crippen LogP contribution is 2.54. The molecule has 1 aliphatic rings. The van der Waals surface area contributed by atoms with Crippen molar-refractivity contribution in [3.05, 3.63) is 137 Å². The molecular formula is C33H26F9NOS. The molecule has 0 aromatic heterocycles. The van der Waals surface area contributed by atoms with Gasteiger partial charge in [-0.2, -0.15) is 26.3 Å². The van der Waals surface area contributed by atoms with Crippen LogP contribution in [0.25, 0.3) is 0 Å². The Kier molecular flexibility index (Phi) is 9.30. The molecule has 1 atom stereocenters. The van der Waals surface area contributed by atoms with Crippen molar-refractivity contribution in [1.29, 1.82) is 0 Å². The molecule has 5 rings (SSSR count). The minimum Gasteiger partial charge on any atom is -0.349 e. The van der Waals surface area contributed by atoms with E-state index in [4.69, 9.17) is 0 Å². The van der Waals surface area contributed by atoms with Crippen LogP contribution in [0.15, 0.2) is 102 Å². The molecule has 2 nitrogen and oxygen atoms in total. The molecule has 0 amide bonds. The van der Waals surface area contributed by atoms with E-state index in [1.165, 1.54) is 36.0 Å². The second-order valence-corrected chi connectivity index (χ2v) is 12.2. The Balaban J connectivity index is 1.52. The SMILES string of the molecule is Fc1ccc(SC2(c3ccc(C(OCc4c(F)cccc4F)(C(F)(F)F)C(F)(F)F)cc3)CCN(Cc3ccccc3)C2)cc1. The van der Waals surface area contributed by atoms with Crippen molar-refractivity contribution in [3.63, 3.8) is 0 Å². The molecule has 0 N–H and O–H groups in total. The van der Waals surface area contributed by atoms with Gasteiger partial charge in [-0.25, -0.2) is 13.2 Å². The summed E-state index contributed by atoms with van der Waals surface area (Å²) in [6, 6.07) is 21.3. The summed E-state index contributed by atoms with van der Waals surface area (Å²) in [6.07, 6.45) is -11.6. The van der Waals surface area contributed by atoms with Gasteiger partial charge in [0.2, 0.25) is 0 Å². The number of alkyl halides is 6. The quantitative estimate of drug-likeness (QED) is 0.167. The van der Waals surface area contributed by atoms with Gasteiger partial charge in [0.15, 0.2) is 0 Å². The Morgan fingerprint density at radius 1 is 0.711 bits per heavy atom. The maximum absolute atomic E-state index is 14.4. The van der Waals surface area contributed by atoms with Gasteiger partial charge in [-0.3, -0.25) is 4.90 Å². The van der Waals surface area contributed by atoms with Crippen LogP contribution >= 0.6 is 11.8 Å². The maximum Gasteiger partial charge on any atom is 0.430 e. The second-order valence-electron chi connectivity index (χ2n) is 10.7. The van der Waals surface area contributed by atoms with E-state index >= 15 is 0 Å². The Morgan fingerprint density at radius 2 is 1.31 bits per heavy atom. The van der Waals surface area contributed by atoms with E-state index < -0.39 is 57.9 Å². The molecule has 12 heteroatoms. The molecule has 0 spiro atoms. The monoisotopic (exact) mass is 655 g/mol. The summed E-state index contributed by atoms with van der Waals surface area (Å²) >= 11 is 1.34. The first-order valence-corrected chi connectivity index (χ1v) is 14.6. The first-order chi connectivity index (χ1) is 21.2. The number of benzene rings is 4. The third-order valence-electron chi connectivity index (χ3n) is 7.80. The maximum atomic E-state index is 14.4. The number of hydrogen-bond donors (Lipinski definition) is 0. The van der Waals surface area contributed by atoms with Crippen molar-refractivity contribution in [2.75, 3.05) is 13.1 Å². The zero-order chi connectivity index (χ0) is 32.5. The first-order valence-electron chi connectivity index (χ1n) is 13.8. The summed E-state index contributed by atoms with van der Waals surface area (Å²) in [7, 11) is 0. The first kappa shape index (κ1) is 32.9. The normalized spacial score (nSPS) is 18.0. The van der Waals surface area contributed by atoms with Crippen LogP contribution in [0.2, 0.25) is 0 Å². The van der Waals surface area contributed by atoms with E-state index in [2.05, 4.69) is 9.64 Å². The average molecular weight is 656 g/mol. The number of thioether (sulfide) groups is 1. The lowest BCUT2D eigenvalue weighted by atomic mass is 9.88. The van der Waals surface area contributed by atoms with Gasteiger partial charge in [0.1, 0.15) is 17.5 Å².